The second kappa shape index (κ2) is 20.4. The van der Waals surface area contributed by atoms with Gasteiger partial charge in [0.25, 0.3) is 0 Å². The number of hydrogen-bond donors (Lipinski definition) is 2. The Balaban J connectivity index is 0.972. The summed E-state index contributed by atoms with van der Waals surface area (Å²) in [4.78, 5) is 52.1. The van der Waals surface area contributed by atoms with Crippen LogP contribution in [0.5, 0.6) is 0 Å². The first-order valence-corrected chi connectivity index (χ1v) is 16.0. The third kappa shape index (κ3) is 13.8. The quantitative estimate of drug-likeness (QED) is 0.0621. The number of unbranched alkanes of at least 4 members (excludes halogenated alkanes) is 2. The highest BCUT2D eigenvalue weighted by Crippen LogP contribution is 2.19. The van der Waals surface area contributed by atoms with Gasteiger partial charge < -0.3 is 14.2 Å². The van der Waals surface area contributed by atoms with Crippen molar-refractivity contribution in [3.8, 4) is 0 Å². The Kier molecular flexibility index (Phi) is 15.0. The number of carbonyl (C=O) groups excluding carboxylic acids is 4. The van der Waals surface area contributed by atoms with Gasteiger partial charge in [-0.05, 0) is 109 Å². The fraction of sp³-hybridized carbons (Fsp3) is 0.263. The molecule has 4 aromatic carbocycles. The molecule has 2 amide bonds. The van der Waals surface area contributed by atoms with E-state index in [2.05, 4.69) is 20.6 Å². The van der Waals surface area contributed by atoms with E-state index in [1.54, 1.807) is 24.3 Å². The Bertz CT molecular complexity index is 1580. The summed E-state index contributed by atoms with van der Waals surface area (Å²) in [5.41, 5.74) is 6.73. The van der Waals surface area contributed by atoms with E-state index in [1.165, 1.54) is 12.2 Å². The SMILES string of the molecule is O=C=Nc1ccc(Cc2ccc(NC(=O)OCCCCOCCCCOC(=O)Nc3ccc(Cc4ccc(N=C=O)cc4)cc3)cc2)cc1. The van der Waals surface area contributed by atoms with Gasteiger partial charge in [-0.2, -0.15) is 9.98 Å². The van der Waals surface area contributed by atoms with Crippen LogP contribution in [-0.4, -0.2) is 50.8 Å². The highest BCUT2D eigenvalue weighted by Gasteiger charge is 2.06. The number of aliphatic imine (C=N–C) groups is 2. The maximum Gasteiger partial charge on any atom is 0.411 e. The minimum absolute atomic E-state index is 0.288. The number of anilines is 2. The third-order valence-electron chi connectivity index (χ3n) is 7.27. The standard InChI is InChI=1S/C38H38N4O7/c43-27-39-33-13-5-29(6-14-33)25-31-9-17-35(18-10-31)41-37(45)48-23-3-1-21-47-22-2-4-24-49-38(46)42-36-19-11-32(12-20-36)26-30-7-15-34(16-8-30)40-28-44/h5-20H,1-4,21-26H2,(H,41,45)(H,42,46). The average Bonchev–Trinajstić information content (AvgIpc) is 3.11. The van der Waals surface area contributed by atoms with Crippen LogP contribution in [0.3, 0.4) is 0 Å². The van der Waals surface area contributed by atoms with Gasteiger partial charge in [-0.3, -0.25) is 10.6 Å². The lowest BCUT2D eigenvalue weighted by Crippen LogP contribution is -2.15. The van der Waals surface area contributed by atoms with E-state index >= 15 is 0 Å². The highest BCUT2D eigenvalue weighted by molar-refractivity contribution is 5.85. The zero-order valence-electron chi connectivity index (χ0n) is 27.1. The summed E-state index contributed by atoms with van der Waals surface area (Å²) in [6, 6.07) is 29.7. The molecule has 2 N–H and O–H groups in total. The van der Waals surface area contributed by atoms with Gasteiger partial charge in [0.2, 0.25) is 12.2 Å². The summed E-state index contributed by atoms with van der Waals surface area (Å²) in [7, 11) is 0. The molecule has 4 rings (SSSR count). The Morgan fingerprint density at radius 1 is 0.490 bits per heavy atom. The van der Waals surface area contributed by atoms with Crippen LogP contribution in [0, 0.1) is 0 Å². The Morgan fingerprint density at radius 2 is 0.816 bits per heavy atom. The van der Waals surface area contributed by atoms with E-state index in [1.807, 2.05) is 72.8 Å². The van der Waals surface area contributed by atoms with Gasteiger partial charge in [0.15, 0.2) is 0 Å². The molecule has 0 spiro atoms. The van der Waals surface area contributed by atoms with Crippen LogP contribution in [0.25, 0.3) is 0 Å². The van der Waals surface area contributed by atoms with Crippen molar-refractivity contribution in [1.82, 2.24) is 0 Å². The summed E-state index contributed by atoms with van der Waals surface area (Å²) in [6.45, 7) is 1.68. The van der Waals surface area contributed by atoms with Gasteiger partial charge in [0.1, 0.15) is 0 Å². The molecule has 49 heavy (non-hydrogen) atoms. The lowest BCUT2D eigenvalue weighted by molar-refractivity contribution is 0.109. The van der Waals surface area contributed by atoms with E-state index in [0.717, 1.165) is 35.1 Å². The number of nitrogens with zero attached hydrogens (tertiary/aromatic N) is 2. The van der Waals surface area contributed by atoms with Crippen molar-refractivity contribution in [2.75, 3.05) is 37.1 Å². The fourth-order valence-corrected chi connectivity index (χ4v) is 4.72. The van der Waals surface area contributed by atoms with Crippen molar-refractivity contribution in [2.45, 2.75) is 38.5 Å². The molecule has 0 heterocycles. The second-order valence-corrected chi connectivity index (χ2v) is 11.0. The first-order chi connectivity index (χ1) is 24.0. The molecular weight excluding hydrogens is 624 g/mol. The molecule has 0 saturated heterocycles. The summed E-state index contributed by atoms with van der Waals surface area (Å²) < 4.78 is 16.1. The molecule has 252 valence electrons. The second-order valence-electron chi connectivity index (χ2n) is 11.0. The number of hydrogen-bond acceptors (Lipinski definition) is 9. The van der Waals surface area contributed by atoms with Gasteiger partial charge in [-0.1, -0.05) is 48.5 Å². The Morgan fingerprint density at radius 3 is 1.16 bits per heavy atom. The number of isocyanates is 2. The minimum atomic E-state index is -0.507. The topological polar surface area (TPSA) is 145 Å². The minimum Gasteiger partial charge on any atom is -0.449 e. The molecule has 0 unspecified atom stereocenters. The molecule has 11 nitrogen and oxygen atoms in total. The van der Waals surface area contributed by atoms with Gasteiger partial charge in [-0.15, -0.1) is 0 Å². The zero-order valence-corrected chi connectivity index (χ0v) is 27.1. The summed E-state index contributed by atoms with van der Waals surface area (Å²) in [5, 5.41) is 5.46. The number of ether oxygens (including phenoxy) is 3. The third-order valence-corrected chi connectivity index (χ3v) is 7.27. The van der Waals surface area contributed by atoms with Crippen molar-refractivity contribution >= 4 is 47.1 Å². The smallest absolute Gasteiger partial charge is 0.411 e. The van der Waals surface area contributed by atoms with E-state index in [0.29, 0.717) is 61.6 Å². The van der Waals surface area contributed by atoms with E-state index in [4.69, 9.17) is 14.2 Å². The normalized spacial score (nSPS) is 10.3. The van der Waals surface area contributed by atoms with Crippen LogP contribution < -0.4 is 10.6 Å². The van der Waals surface area contributed by atoms with Crippen LogP contribution in [0.1, 0.15) is 47.9 Å². The van der Waals surface area contributed by atoms with E-state index in [-0.39, 0.29) is 13.2 Å². The van der Waals surface area contributed by atoms with Crippen LogP contribution in [0.15, 0.2) is 107 Å². The van der Waals surface area contributed by atoms with Crippen LogP contribution in [0.4, 0.5) is 32.3 Å². The number of amides is 2. The molecular formula is C38H38N4O7. The molecule has 0 fully saturated rings. The largest absolute Gasteiger partial charge is 0.449 e. The molecule has 0 aliphatic carbocycles. The molecule has 4 aromatic rings. The first kappa shape index (κ1) is 36.0. The van der Waals surface area contributed by atoms with Crippen molar-refractivity contribution in [1.29, 1.82) is 0 Å². The summed E-state index contributed by atoms with van der Waals surface area (Å²) in [6.07, 6.45) is 6.33. The average molecular weight is 663 g/mol. The number of rotatable bonds is 18. The van der Waals surface area contributed by atoms with Gasteiger partial charge in [0, 0.05) is 24.6 Å². The monoisotopic (exact) mass is 662 g/mol. The lowest BCUT2D eigenvalue weighted by Gasteiger charge is -2.09. The lowest BCUT2D eigenvalue weighted by atomic mass is 10.0. The maximum atomic E-state index is 12.1. The van der Waals surface area contributed by atoms with Crippen molar-refractivity contribution in [3.63, 3.8) is 0 Å². The predicted octanol–water partition coefficient (Wildman–Crippen LogP) is 8.18. The Labute approximate surface area is 285 Å². The maximum absolute atomic E-state index is 12.1. The van der Waals surface area contributed by atoms with Crippen molar-refractivity contribution < 1.29 is 33.4 Å². The molecule has 0 radical (unpaired) electrons. The molecule has 0 aliphatic heterocycles. The number of nitrogens with one attached hydrogen (secondary N) is 2. The molecule has 0 aliphatic rings. The molecule has 0 atom stereocenters. The zero-order chi connectivity index (χ0) is 34.5. The van der Waals surface area contributed by atoms with Gasteiger partial charge in [-0.25, -0.2) is 19.2 Å². The van der Waals surface area contributed by atoms with Gasteiger partial charge >= 0.3 is 12.2 Å². The van der Waals surface area contributed by atoms with Crippen LogP contribution in [0.2, 0.25) is 0 Å². The van der Waals surface area contributed by atoms with Gasteiger partial charge in [0.05, 0.1) is 24.6 Å². The highest BCUT2D eigenvalue weighted by atomic mass is 16.6. The van der Waals surface area contributed by atoms with Crippen LogP contribution in [-0.2, 0) is 36.6 Å². The first-order valence-electron chi connectivity index (χ1n) is 16.0. The molecule has 0 aromatic heterocycles. The summed E-state index contributed by atoms with van der Waals surface area (Å²) in [5.74, 6) is 0. The van der Waals surface area contributed by atoms with Crippen molar-refractivity contribution in [2.24, 2.45) is 9.98 Å². The predicted molar refractivity (Wildman–Crippen MR) is 186 cm³/mol. The van der Waals surface area contributed by atoms with Crippen molar-refractivity contribution in [3.05, 3.63) is 119 Å². The van der Waals surface area contributed by atoms with E-state index < -0.39 is 12.2 Å². The van der Waals surface area contributed by atoms with Crippen LogP contribution >= 0.6 is 0 Å². The molecule has 0 saturated carbocycles. The molecule has 11 heteroatoms. The molecule has 0 bridgehead atoms. The Hall–Kier alpha value is -5.86. The fourth-order valence-electron chi connectivity index (χ4n) is 4.72. The summed E-state index contributed by atoms with van der Waals surface area (Å²) >= 11 is 0. The number of benzene rings is 4. The number of carbonyl (C=O) groups is 2. The van der Waals surface area contributed by atoms with E-state index in [9.17, 15) is 19.2 Å².